The number of imidazole rings is 2. The van der Waals surface area contributed by atoms with E-state index in [1.54, 1.807) is 18.9 Å². The third-order valence-electron chi connectivity index (χ3n) is 2.50. The van der Waals surface area contributed by atoms with Crippen molar-refractivity contribution in [2.24, 2.45) is 0 Å². The molecular weight excluding hydrogens is 254 g/mol. The first-order valence-electron chi connectivity index (χ1n) is 5.40. The van der Waals surface area contributed by atoms with E-state index in [0.717, 1.165) is 17.6 Å². The van der Waals surface area contributed by atoms with Crippen molar-refractivity contribution in [1.29, 1.82) is 0 Å². The molecule has 7 nitrogen and oxygen atoms in total. The fraction of sp³-hybridized carbons (Fsp3) is 0.200. The Bertz CT molecular complexity index is 645. The van der Waals surface area contributed by atoms with Crippen molar-refractivity contribution in [2.75, 3.05) is 11.9 Å². The van der Waals surface area contributed by atoms with Crippen molar-refractivity contribution in [3.05, 3.63) is 29.8 Å². The molecule has 0 radical (unpaired) electrons. The third kappa shape index (κ3) is 2.12. The normalized spacial score (nSPS) is 10.9. The number of hydrogen-bond donors (Lipinski definition) is 3. The Balaban J connectivity index is 1.75. The average molecular weight is 264 g/mol. The number of fused-ring (bicyclic) bond motifs is 1. The van der Waals surface area contributed by atoms with Gasteiger partial charge in [0.25, 0.3) is 0 Å². The molecule has 0 aliphatic heterocycles. The van der Waals surface area contributed by atoms with Crippen LogP contribution in [0.15, 0.2) is 18.9 Å². The van der Waals surface area contributed by atoms with Gasteiger partial charge >= 0.3 is 0 Å². The lowest BCUT2D eigenvalue weighted by Gasteiger charge is -2.05. The third-order valence-corrected chi connectivity index (χ3v) is 2.67. The number of rotatable bonds is 4. The van der Waals surface area contributed by atoms with Gasteiger partial charge in [-0.3, -0.25) is 0 Å². The largest absolute Gasteiger partial charge is 0.368 e. The summed E-state index contributed by atoms with van der Waals surface area (Å²) < 4.78 is 0. The lowest BCUT2D eigenvalue weighted by Crippen LogP contribution is -2.07. The van der Waals surface area contributed by atoms with Crippen LogP contribution in [0.3, 0.4) is 0 Å². The van der Waals surface area contributed by atoms with E-state index in [2.05, 4.69) is 35.2 Å². The summed E-state index contributed by atoms with van der Waals surface area (Å²) in [5, 5.41) is 3.38. The minimum absolute atomic E-state index is 0.179. The van der Waals surface area contributed by atoms with Gasteiger partial charge in [-0.25, -0.2) is 9.97 Å². The zero-order chi connectivity index (χ0) is 12.4. The Morgan fingerprint density at radius 2 is 2.17 bits per heavy atom. The summed E-state index contributed by atoms with van der Waals surface area (Å²) in [6.45, 7) is 0.712. The summed E-state index contributed by atoms with van der Waals surface area (Å²) in [6.07, 6.45) is 5.83. The SMILES string of the molecule is Clc1nc(NCCc2cnc[nH]2)c2[nH]cnc2n1. The smallest absolute Gasteiger partial charge is 0.226 e. The molecule has 0 bridgehead atoms. The van der Waals surface area contributed by atoms with Crippen molar-refractivity contribution in [3.8, 4) is 0 Å². The van der Waals surface area contributed by atoms with Crippen LogP contribution >= 0.6 is 11.6 Å². The molecule has 0 saturated carbocycles. The van der Waals surface area contributed by atoms with Crippen molar-refractivity contribution in [3.63, 3.8) is 0 Å². The molecule has 0 aliphatic rings. The highest BCUT2D eigenvalue weighted by Crippen LogP contribution is 2.18. The van der Waals surface area contributed by atoms with E-state index < -0.39 is 0 Å². The first-order valence-corrected chi connectivity index (χ1v) is 5.78. The van der Waals surface area contributed by atoms with E-state index in [4.69, 9.17) is 11.6 Å². The van der Waals surface area contributed by atoms with E-state index in [1.807, 2.05) is 0 Å². The minimum atomic E-state index is 0.179. The maximum absolute atomic E-state index is 5.83. The molecule has 0 atom stereocenters. The van der Waals surface area contributed by atoms with Gasteiger partial charge in [0, 0.05) is 24.9 Å². The maximum Gasteiger partial charge on any atom is 0.226 e. The van der Waals surface area contributed by atoms with Crippen LogP contribution < -0.4 is 5.32 Å². The predicted molar refractivity (Wildman–Crippen MR) is 67.5 cm³/mol. The Labute approximate surface area is 107 Å². The van der Waals surface area contributed by atoms with Crippen molar-refractivity contribution in [1.82, 2.24) is 29.9 Å². The van der Waals surface area contributed by atoms with E-state index in [9.17, 15) is 0 Å². The molecular formula is C10H10ClN7. The Hall–Kier alpha value is -2.15. The fourth-order valence-electron chi connectivity index (χ4n) is 1.67. The number of halogens is 1. The van der Waals surface area contributed by atoms with Crippen LogP contribution in [0, 0.1) is 0 Å². The Kier molecular flexibility index (Phi) is 2.81. The van der Waals surface area contributed by atoms with Crippen LogP contribution in [0.5, 0.6) is 0 Å². The minimum Gasteiger partial charge on any atom is -0.368 e. The quantitative estimate of drug-likeness (QED) is 0.618. The number of aromatic nitrogens is 6. The van der Waals surface area contributed by atoms with Crippen LogP contribution in [0.4, 0.5) is 5.82 Å². The number of nitrogens with zero attached hydrogens (tertiary/aromatic N) is 4. The van der Waals surface area contributed by atoms with Crippen molar-refractivity contribution in [2.45, 2.75) is 6.42 Å². The highest BCUT2D eigenvalue weighted by Gasteiger charge is 2.08. The molecule has 18 heavy (non-hydrogen) atoms. The summed E-state index contributed by atoms with van der Waals surface area (Å²) in [4.78, 5) is 22.2. The molecule has 0 aromatic carbocycles. The van der Waals surface area contributed by atoms with E-state index in [1.165, 1.54) is 0 Å². The van der Waals surface area contributed by atoms with Crippen LogP contribution in [0.2, 0.25) is 5.28 Å². The standard InChI is InChI=1S/C10H10ClN7/c11-10-17-8(7-9(18-10)16-5-15-7)13-2-1-6-3-12-4-14-6/h3-5H,1-2H2,(H,12,14)(H2,13,15,16,17,18). The van der Waals surface area contributed by atoms with Gasteiger partial charge in [-0.05, 0) is 11.6 Å². The van der Waals surface area contributed by atoms with E-state index in [-0.39, 0.29) is 5.28 Å². The molecule has 3 N–H and O–H groups in total. The number of anilines is 1. The topological polar surface area (TPSA) is 95.2 Å². The highest BCUT2D eigenvalue weighted by atomic mass is 35.5. The summed E-state index contributed by atoms with van der Waals surface area (Å²) >= 11 is 5.83. The molecule has 0 spiro atoms. The number of hydrogen-bond acceptors (Lipinski definition) is 5. The second-order valence-corrected chi connectivity index (χ2v) is 4.03. The molecule has 8 heteroatoms. The Morgan fingerprint density at radius 1 is 1.22 bits per heavy atom. The van der Waals surface area contributed by atoms with Crippen molar-refractivity contribution < 1.29 is 0 Å². The van der Waals surface area contributed by atoms with Crippen LogP contribution in [0.1, 0.15) is 5.69 Å². The average Bonchev–Trinajstić information content (AvgIpc) is 2.98. The van der Waals surface area contributed by atoms with Gasteiger partial charge in [-0.1, -0.05) is 0 Å². The molecule has 3 rings (SSSR count). The highest BCUT2D eigenvalue weighted by molar-refractivity contribution is 6.28. The molecule has 3 aromatic heterocycles. The number of H-pyrrole nitrogens is 2. The number of nitrogens with one attached hydrogen (secondary N) is 3. The maximum atomic E-state index is 5.83. The van der Waals surface area contributed by atoms with Gasteiger partial charge in [0.2, 0.25) is 5.28 Å². The van der Waals surface area contributed by atoms with Crippen molar-refractivity contribution >= 4 is 28.6 Å². The summed E-state index contributed by atoms with van der Waals surface area (Å²) in [5.74, 6) is 0.655. The number of aromatic amines is 2. The summed E-state index contributed by atoms with van der Waals surface area (Å²) in [7, 11) is 0. The lowest BCUT2D eigenvalue weighted by atomic mass is 10.3. The molecule has 3 heterocycles. The molecule has 0 saturated heterocycles. The summed E-state index contributed by atoms with van der Waals surface area (Å²) in [6, 6.07) is 0. The first kappa shape index (κ1) is 11.0. The first-order chi connectivity index (χ1) is 8.83. The van der Waals surface area contributed by atoms with E-state index in [0.29, 0.717) is 18.0 Å². The molecule has 0 aliphatic carbocycles. The summed E-state index contributed by atoms with van der Waals surface area (Å²) in [5.41, 5.74) is 2.37. The van der Waals surface area contributed by atoms with Gasteiger partial charge in [-0.2, -0.15) is 9.97 Å². The molecule has 3 aromatic rings. The van der Waals surface area contributed by atoms with Gasteiger partial charge in [-0.15, -0.1) is 0 Å². The van der Waals surface area contributed by atoms with Gasteiger partial charge in [0.1, 0.15) is 5.52 Å². The van der Waals surface area contributed by atoms with E-state index >= 15 is 0 Å². The zero-order valence-electron chi connectivity index (χ0n) is 9.31. The molecule has 0 unspecified atom stereocenters. The zero-order valence-corrected chi connectivity index (χ0v) is 10.1. The lowest BCUT2D eigenvalue weighted by molar-refractivity contribution is 0.967. The molecule has 0 fully saturated rings. The molecule has 92 valence electrons. The predicted octanol–water partition coefficient (Wildman–Crippen LogP) is 1.38. The van der Waals surface area contributed by atoms with Crippen LogP contribution in [-0.4, -0.2) is 36.4 Å². The second kappa shape index (κ2) is 4.61. The van der Waals surface area contributed by atoms with Gasteiger partial charge in [0.05, 0.1) is 12.7 Å². The van der Waals surface area contributed by atoms with Gasteiger partial charge < -0.3 is 15.3 Å². The van der Waals surface area contributed by atoms with Crippen LogP contribution in [0.25, 0.3) is 11.2 Å². The second-order valence-electron chi connectivity index (χ2n) is 3.70. The fourth-order valence-corrected chi connectivity index (χ4v) is 1.84. The van der Waals surface area contributed by atoms with Gasteiger partial charge in [0.15, 0.2) is 11.5 Å². The molecule has 0 amide bonds. The van der Waals surface area contributed by atoms with Crippen LogP contribution in [-0.2, 0) is 6.42 Å². The Morgan fingerprint density at radius 3 is 3.00 bits per heavy atom. The monoisotopic (exact) mass is 263 g/mol.